The van der Waals surface area contributed by atoms with Crippen LogP contribution in [-0.4, -0.2) is 51.1 Å². The number of nitrogens with two attached hydrogens (primary N) is 1. The number of rotatable bonds is 6. The third kappa shape index (κ3) is 4.60. The smallest absolute Gasteiger partial charge is 0.331 e. The second-order valence-corrected chi connectivity index (χ2v) is 7.80. The van der Waals surface area contributed by atoms with Crippen molar-refractivity contribution < 1.29 is 24.2 Å². The molecule has 2 atom stereocenters. The molecule has 7 nitrogen and oxygen atoms in total. The van der Waals surface area contributed by atoms with Gasteiger partial charge in [-0.1, -0.05) is 0 Å². The zero-order valence-corrected chi connectivity index (χ0v) is 13.5. The van der Waals surface area contributed by atoms with Crippen molar-refractivity contribution in [3.05, 3.63) is 0 Å². The summed E-state index contributed by atoms with van der Waals surface area (Å²) >= 11 is 1.70. The van der Waals surface area contributed by atoms with Crippen molar-refractivity contribution in [2.75, 3.05) is 5.75 Å². The average Bonchev–Trinajstić information content (AvgIpc) is 2.32. The molecule has 8 heteroatoms. The highest BCUT2D eigenvalue weighted by Crippen LogP contribution is 2.42. The van der Waals surface area contributed by atoms with Crippen LogP contribution < -0.4 is 11.1 Å². The molecule has 0 saturated carbocycles. The van der Waals surface area contributed by atoms with Crippen molar-refractivity contribution in [1.29, 1.82) is 0 Å². The van der Waals surface area contributed by atoms with E-state index in [2.05, 4.69) is 5.32 Å². The van der Waals surface area contributed by atoms with Crippen LogP contribution in [0.2, 0.25) is 0 Å². The maximum absolute atomic E-state index is 12.1. The number of carbonyl (C=O) groups excluding carboxylic acids is 2. The molecule has 1 heterocycles. The van der Waals surface area contributed by atoms with Gasteiger partial charge in [-0.2, -0.15) is 0 Å². The lowest BCUT2D eigenvalue weighted by Crippen LogP contribution is -2.58. The molecular formula is C13H22N2O5S. The Hall–Kier alpha value is -1.28. The van der Waals surface area contributed by atoms with Crippen LogP contribution in [0.3, 0.4) is 0 Å². The number of carbonyl (C=O) groups is 3. The maximum atomic E-state index is 12.1. The Labute approximate surface area is 128 Å². The minimum Gasteiger partial charge on any atom is -0.481 e. The minimum atomic E-state index is -1.26. The predicted molar refractivity (Wildman–Crippen MR) is 78.9 cm³/mol. The molecule has 120 valence electrons. The molecule has 0 radical (unpaired) electrons. The van der Waals surface area contributed by atoms with Gasteiger partial charge in [-0.15, -0.1) is 11.8 Å². The van der Waals surface area contributed by atoms with E-state index in [0.717, 1.165) is 5.75 Å². The molecule has 0 aliphatic carbocycles. The molecule has 1 amide bonds. The van der Waals surface area contributed by atoms with Gasteiger partial charge < -0.3 is 20.9 Å². The molecule has 1 aliphatic rings. The van der Waals surface area contributed by atoms with Crippen LogP contribution in [0.15, 0.2) is 0 Å². The average molecular weight is 318 g/mol. The van der Waals surface area contributed by atoms with Crippen LogP contribution in [-0.2, 0) is 19.1 Å². The van der Waals surface area contributed by atoms with Crippen molar-refractivity contribution in [1.82, 2.24) is 5.32 Å². The Morgan fingerprint density at radius 1 is 1.48 bits per heavy atom. The lowest BCUT2D eigenvalue weighted by Gasteiger charge is -2.43. The van der Waals surface area contributed by atoms with Gasteiger partial charge in [0, 0.05) is 10.5 Å². The van der Waals surface area contributed by atoms with Crippen LogP contribution in [0.1, 0.15) is 34.1 Å². The Balaban J connectivity index is 2.57. The summed E-state index contributed by atoms with van der Waals surface area (Å²) in [4.78, 5) is 34.4. The van der Waals surface area contributed by atoms with E-state index in [4.69, 9.17) is 15.6 Å². The first-order valence-electron chi connectivity index (χ1n) is 6.60. The number of carboxylic acid groups (broad SMARTS) is 1. The summed E-state index contributed by atoms with van der Waals surface area (Å²) < 4.78 is 5.27. The zero-order valence-electron chi connectivity index (χ0n) is 12.6. The van der Waals surface area contributed by atoms with E-state index >= 15 is 0 Å². The number of hydrogen-bond acceptors (Lipinski definition) is 6. The molecule has 4 N–H and O–H groups in total. The molecule has 0 aromatic rings. The van der Waals surface area contributed by atoms with E-state index in [0.29, 0.717) is 0 Å². The number of esters is 1. The first-order valence-corrected chi connectivity index (χ1v) is 7.58. The zero-order chi connectivity index (χ0) is 16.4. The highest BCUT2D eigenvalue weighted by Gasteiger charge is 2.45. The largest absolute Gasteiger partial charge is 0.481 e. The number of aliphatic carboxylic acids is 1. The molecule has 1 saturated heterocycles. The van der Waals surface area contributed by atoms with Crippen LogP contribution in [0.25, 0.3) is 0 Å². The standard InChI is InChI=1S/C13H22N2O5S/c1-12(2,15-10(18)7(14)5-9(16)17)11(19)20-8-6-21-13(8,3)4/h7-8H,5-6,14H2,1-4H3,(H,15,18)(H,16,17)/t7-,8?/m0/s1. The van der Waals surface area contributed by atoms with Gasteiger partial charge in [-0.05, 0) is 27.7 Å². The fourth-order valence-electron chi connectivity index (χ4n) is 1.67. The predicted octanol–water partition coefficient (Wildman–Crippen LogP) is 0.120. The topological polar surface area (TPSA) is 119 Å². The van der Waals surface area contributed by atoms with Crippen molar-refractivity contribution in [2.45, 2.75) is 56.5 Å². The fraction of sp³-hybridized carbons (Fsp3) is 0.769. The number of hydrogen-bond donors (Lipinski definition) is 3. The Morgan fingerprint density at radius 2 is 2.05 bits per heavy atom. The number of carboxylic acids is 1. The molecule has 1 aliphatic heterocycles. The van der Waals surface area contributed by atoms with Crippen LogP contribution >= 0.6 is 11.8 Å². The van der Waals surface area contributed by atoms with Crippen LogP contribution in [0.4, 0.5) is 0 Å². The van der Waals surface area contributed by atoms with E-state index in [9.17, 15) is 14.4 Å². The molecular weight excluding hydrogens is 296 g/mol. The Bertz CT molecular complexity index is 450. The lowest BCUT2D eigenvalue weighted by atomic mass is 10.0. The summed E-state index contributed by atoms with van der Waals surface area (Å²) in [6, 6.07) is -1.20. The second-order valence-electron chi connectivity index (χ2n) is 6.13. The highest BCUT2D eigenvalue weighted by atomic mass is 32.2. The summed E-state index contributed by atoms with van der Waals surface area (Å²) in [6.45, 7) is 6.96. The summed E-state index contributed by atoms with van der Waals surface area (Å²) in [5, 5.41) is 11.0. The van der Waals surface area contributed by atoms with E-state index < -0.39 is 35.8 Å². The number of nitrogens with one attached hydrogen (secondary N) is 1. The van der Waals surface area contributed by atoms with E-state index in [1.54, 1.807) is 11.8 Å². The highest BCUT2D eigenvalue weighted by molar-refractivity contribution is 8.02. The van der Waals surface area contributed by atoms with Crippen molar-refractivity contribution in [3.8, 4) is 0 Å². The van der Waals surface area contributed by atoms with E-state index in [1.165, 1.54) is 13.8 Å². The Morgan fingerprint density at radius 3 is 2.43 bits per heavy atom. The van der Waals surface area contributed by atoms with Gasteiger partial charge in [0.25, 0.3) is 0 Å². The molecule has 1 rings (SSSR count). The van der Waals surface area contributed by atoms with Gasteiger partial charge in [0.2, 0.25) is 5.91 Å². The third-order valence-electron chi connectivity index (χ3n) is 3.31. The first kappa shape index (κ1) is 17.8. The minimum absolute atomic E-state index is 0.130. The summed E-state index contributed by atoms with van der Waals surface area (Å²) in [5.41, 5.74) is 4.20. The summed E-state index contributed by atoms with van der Waals surface area (Å²) in [5.74, 6) is -1.70. The number of ether oxygens (including phenoxy) is 1. The Kier molecular flexibility index (Phi) is 5.27. The molecule has 1 fully saturated rings. The second kappa shape index (κ2) is 6.23. The van der Waals surface area contributed by atoms with Gasteiger partial charge >= 0.3 is 11.9 Å². The van der Waals surface area contributed by atoms with Gasteiger partial charge in [0.15, 0.2) is 0 Å². The number of thioether (sulfide) groups is 1. The number of amides is 1. The van der Waals surface area contributed by atoms with Crippen molar-refractivity contribution in [2.24, 2.45) is 5.73 Å². The van der Waals surface area contributed by atoms with Crippen LogP contribution in [0.5, 0.6) is 0 Å². The lowest BCUT2D eigenvalue weighted by molar-refractivity contribution is -0.158. The quantitative estimate of drug-likeness (QED) is 0.595. The SMILES string of the molecule is CC(C)(NC(=O)[C@@H](N)CC(=O)O)C(=O)OC1CSC1(C)C. The normalized spacial score (nSPS) is 21.9. The summed E-state index contributed by atoms with van der Waals surface area (Å²) in [7, 11) is 0. The van der Waals surface area contributed by atoms with Crippen molar-refractivity contribution >= 4 is 29.6 Å². The van der Waals surface area contributed by atoms with E-state index in [-0.39, 0.29) is 10.9 Å². The monoisotopic (exact) mass is 318 g/mol. The van der Waals surface area contributed by atoms with E-state index in [1.807, 2.05) is 13.8 Å². The van der Waals surface area contributed by atoms with Gasteiger partial charge in [0.1, 0.15) is 11.6 Å². The first-order chi connectivity index (χ1) is 9.45. The molecule has 0 aromatic heterocycles. The molecule has 0 aromatic carbocycles. The van der Waals surface area contributed by atoms with Gasteiger partial charge in [-0.25, -0.2) is 4.79 Å². The third-order valence-corrected chi connectivity index (χ3v) is 4.79. The van der Waals surface area contributed by atoms with Crippen molar-refractivity contribution in [3.63, 3.8) is 0 Å². The molecule has 0 bridgehead atoms. The maximum Gasteiger partial charge on any atom is 0.331 e. The summed E-state index contributed by atoms with van der Waals surface area (Å²) in [6.07, 6.45) is -0.692. The fourth-order valence-corrected chi connectivity index (χ4v) is 2.76. The molecule has 21 heavy (non-hydrogen) atoms. The van der Waals surface area contributed by atoms with Gasteiger partial charge in [-0.3, -0.25) is 9.59 Å². The van der Waals surface area contributed by atoms with Crippen LogP contribution in [0, 0.1) is 0 Å². The molecule has 1 unspecified atom stereocenters. The molecule has 0 spiro atoms. The van der Waals surface area contributed by atoms with Gasteiger partial charge in [0.05, 0.1) is 12.5 Å².